The fraction of sp³-hybridized carbons (Fsp3) is 0.214. The molecule has 2 nitrogen and oxygen atoms in total. The summed E-state index contributed by atoms with van der Waals surface area (Å²) in [6.45, 7) is 1.79. The number of halogens is 3. The third-order valence-electron chi connectivity index (χ3n) is 3.19. The summed E-state index contributed by atoms with van der Waals surface area (Å²) in [5, 5.41) is 0. The van der Waals surface area contributed by atoms with Crippen molar-refractivity contribution in [1.29, 1.82) is 0 Å². The average Bonchev–Trinajstić information content (AvgIpc) is 2.44. The van der Waals surface area contributed by atoms with Gasteiger partial charge in [0.05, 0.1) is 0 Å². The maximum atomic E-state index is 13.7. The summed E-state index contributed by atoms with van der Waals surface area (Å²) in [6, 6.07) is 4.80. The molecule has 2 atom stereocenters. The maximum Gasteiger partial charge on any atom is 0.194 e. The minimum absolute atomic E-state index is 0.0387. The van der Waals surface area contributed by atoms with Gasteiger partial charge in [0, 0.05) is 29.9 Å². The van der Waals surface area contributed by atoms with E-state index in [1.807, 2.05) is 0 Å². The van der Waals surface area contributed by atoms with E-state index in [0.29, 0.717) is 0 Å². The molecule has 0 radical (unpaired) electrons. The van der Waals surface area contributed by atoms with E-state index in [-0.39, 0.29) is 11.5 Å². The molecule has 0 aliphatic carbocycles. The lowest BCUT2D eigenvalue weighted by Gasteiger charge is -2.21. The van der Waals surface area contributed by atoms with Crippen molar-refractivity contribution < 1.29 is 13.2 Å². The lowest BCUT2D eigenvalue weighted by molar-refractivity contribution is 0.430. The molecule has 1 aromatic carbocycles. The van der Waals surface area contributed by atoms with Crippen LogP contribution >= 0.6 is 0 Å². The summed E-state index contributed by atoms with van der Waals surface area (Å²) in [5.74, 6) is -4.18. The first-order valence-electron chi connectivity index (χ1n) is 5.81. The number of nitrogens with two attached hydrogens (primary N) is 1. The highest BCUT2D eigenvalue weighted by molar-refractivity contribution is 5.28. The van der Waals surface area contributed by atoms with Crippen LogP contribution in [0.3, 0.4) is 0 Å². The summed E-state index contributed by atoms with van der Waals surface area (Å²) in [4.78, 5) is 3.88. The van der Waals surface area contributed by atoms with Gasteiger partial charge >= 0.3 is 0 Å². The molecular formula is C14H13F3N2. The monoisotopic (exact) mass is 266 g/mol. The van der Waals surface area contributed by atoms with Crippen molar-refractivity contribution in [3.63, 3.8) is 0 Å². The van der Waals surface area contributed by atoms with Gasteiger partial charge in [0.2, 0.25) is 0 Å². The summed E-state index contributed by atoms with van der Waals surface area (Å²) in [7, 11) is 0. The lowest BCUT2D eigenvalue weighted by atomic mass is 9.89. The van der Waals surface area contributed by atoms with Gasteiger partial charge in [0.25, 0.3) is 0 Å². The molecule has 0 fully saturated rings. The molecule has 2 N–H and O–H groups in total. The fourth-order valence-electron chi connectivity index (χ4n) is 1.94. The molecule has 0 saturated carbocycles. The zero-order chi connectivity index (χ0) is 14.0. The molecule has 100 valence electrons. The topological polar surface area (TPSA) is 38.9 Å². The number of benzene rings is 1. The van der Waals surface area contributed by atoms with Crippen LogP contribution in [0.25, 0.3) is 0 Å². The van der Waals surface area contributed by atoms with Gasteiger partial charge < -0.3 is 5.73 Å². The SMILES string of the molecule is CC(c1ccncc1)C(N)c1ccc(F)c(F)c1F. The van der Waals surface area contributed by atoms with Gasteiger partial charge in [0.1, 0.15) is 0 Å². The van der Waals surface area contributed by atoms with E-state index in [1.54, 1.807) is 31.5 Å². The molecule has 1 heterocycles. The highest BCUT2D eigenvalue weighted by Crippen LogP contribution is 2.30. The summed E-state index contributed by atoms with van der Waals surface area (Å²) in [6.07, 6.45) is 3.19. The molecule has 1 aromatic heterocycles. The second kappa shape index (κ2) is 5.40. The van der Waals surface area contributed by atoms with Crippen molar-refractivity contribution in [1.82, 2.24) is 4.98 Å². The van der Waals surface area contributed by atoms with E-state index in [1.165, 1.54) is 6.07 Å². The molecule has 2 unspecified atom stereocenters. The number of pyridine rings is 1. The Hall–Kier alpha value is -1.88. The van der Waals surface area contributed by atoms with Gasteiger partial charge in [-0.2, -0.15) is 0 Å². The first-order valence-corrected chi connectivity index (χ1v) is 5.81. The van der Waals surface area contributed by atoms with Gasteiger partial charge in [0.15, 0.2) is 17.5 Å². The number of nitrogens with zero attached hydrogens (tertiary/aromatic N) is 1. The second-order valence-electron chi connectivity index (χ2n) is 4.36. The van der Waals surface area contributed by atoms with Crippen LogP contribution < -0.4 is 5.73 Å². The minimum Gasteiger partial charge on any atom is -0.323 e. The summed E-state index contributed by atoms with van der Waals surface area (Å²) in [5.41, 5.74) is 6.76. The number of rotatable bonds is 3. The fourth-order valence-corrected chi connectivity index (χ4v) is 1.94. The van der Waals surface area contributed by atoms with Crippen molar-refractivity contribution in [2.24, 2.45) is 5.73 Å². The lowest BCUT2D eigenvalue weighted by Crippen LogP contribution is -2.20. The second-order valence-corrected chi connectivity index (χ2v) is 4.36. The predicted molar refractivity (Wildman–Crippen MR) is 65.9 cm³/mol. The first kappa shape index (κ1) is 13.5. The van der Waals surface area contributed by atoms with Crippen LogP contribution in [0.2, 0.25) is 0 Å². The summed E-state index contributed by atoms with van der Waals surface area (Å²) >= 11 is 0. The highest BCUT2D eigenvalue weighted by atomic mass is 19.2. The average molecular weight is 266 g/mol. The van der Waals surface area contributed by atoms with Crippen molar-refractivity contribution in [2.45, 2.75) is 18.9 Å². The number of hydrogen-bond donors (Lipinski definition) is 1. The maximum absolute atomic E-state index is 13.7. The van der Waals surface area contributed by atoms with E-state index < -0.39 is 23.5 Å². The Bertz CT molecular complexity index is 572. The van der Waals surface area contributed by atoms with Gasteiger partial charge in [-0.05, 0) is 23.8 Å². The van der Waals surface area contributed by atoms with Crippen LogP contribution in [-0.2, 0) is 0 Å². The minimum atomic E-state index is -1.49. The zero-order valence-corrected chi connectivity index (χ0v) is 10.3. The Morgan fingerprint density at radius 3 is 2.26 bits per heavy atom. The molecular weight excluding hydrogens is 253 g/mol. The molecule has 19 heavy (non-hydrogen) atoms. The Kier molecular flexibility index (Phi) is 3.85. The van der Waals surface area contributed by atoms with Crippen LogP contribution in [0.1, 0.15) is 30.0 Å². The van der Waals surface area contributed by atoms with Gasteiger partial charge in [-0.1, -0.05) is 13.0 Å². The Morgan fingerprint density at radius 2 is 1.63 bits per heavy atom. The number of hydrogen-bond acceptors (Lipinski definition) is 2. The van der Waals surface area contributed by atoms with E-state index in [9.17, 15) is 13.2 Å². The van der Waals surface area contributed by atoms with Crippen LogP contribution in [0.15, 0.2) is 36.7 Å². The largest absolute Gasteiger partial charge is 0.323 e. The van der Waals surface area contributed by atoms with E-state index >= 15 is 0 Å². The third kappa shape index (κ3) is 2.61. The van der Waals surface area contributed by atoms with E-state index in [0.717, 1.165) is 11.6 Å². The predicted octanol–water partition coefficient (Wildman–Crippen LogP) is 3.30. The Morgan fingerprint density at radius 1 is 1.00 bits per heavy atom. The normalized spacial score (nSPS) is 14.2. The molecule has 5 heteroatoms. The van der Waals surface area contributed by atoms with Gasteiger partial charge in [-0.25, -0.2) is 13.2 Å². The van der Waals surface area contributed by atoms with Crippen molar-refractivity contribution in [3.05, 3.63) is 65.2 Å². The van der Waals surface area contributed by atoms with E-state index in [4.69, 9.17) is 5.73 Å². The van der Waals surface area contributed by atoms with Crippen LogP contribution in [0.5, 0.6) is 0 Å². The van der Waals surface area contributed by atoms with Crippen molar-refractivity contribution >= 4 is 0 Å². The number of aromatic nitrogens is 1. The van der Waals surface area contributed by atoms with Gasteiger partial charge in [-0.3, -0.25) is 4.98 Å². The van der Waals surface area contributed by atoms with Crippen molar-refractivity contribution in [3.8, 4) is 0 Å². The molecule has 0 saturated heterocycles. The van der Waals surface area contributed by atoms with Crippen LogP contribution in [-0.4, -0.2) is 4.98 Å². The molecule has 2 rings (SSSR count). The van der Waals surface area contributed by atoms with Crippen LogP contribution in [0, 0.1) is 17.5 Å². The van der Waals surface area contributed by atoms with Crippen LogP contribution in [0.4, 0.5) is 13.2 Å². The van der Waals surface area contributed by atoms with Crippen molar-refractivity contribution in [2.75, 3.05) is 0 Å². The summed E-state index contributed by atoms with van der Waals surface area (Å²) < 4.78 is 39.8. The Labute approximate surface area is 109 Å². The molecule has 0 aliphatic heterocycles. The molecule has 0 amide bonds. The zero-order valence-electron chi connectivity index (χ0n) is 10.3. The standard InChI is InChI=1S/C14H13F3N2/c1-8(9-4-6-19-7-5-9)14(18)10-2-3-11(15)13(17)12(10)16/h2-8,14H,18H2,1H3. The molecule has 0 spiro atoms. The highest BCUT2D eigenvalue weighted by Gasteiger charge is 2.23. The van der Waals surface area contributed by atoms with Gasteiger partial charge in [-0.15, -0.1) is 0 Å². The molecule has 2 aromatic rings. The molecule has 0 aliphatic rings. The quantitative estimate of drug-likeness (QED) is 0.866. The van der Waals surface area contributed by atoms with E-state index in [2.05, 4.69) is 4.98 Å². The smallest absolute Gasteiger partial charge is 0.194 e. The first-order chi connectivity index (χ1) is 9.02. The third-order valence-corrected chi connectivity index (χ3v) is 3.19. The Balaban J connectivity index is 2.35. The molecule has 0 bridgehead atoms.